The largest absolute Gasteiger partial charge is 0.261 e. The Balaban J connectivity index is 1.69. The standard InChI is InChI=1S/C26H43N2/c1-4-5-6-7-8-9-10-11-12-13-17-20-27-21-22-28(24(2)3)26(27)23-25-18-15-14-16-19-25/h14-16,18-19,21-22,24H,4-13,17,20,23H2,1-3H3/q+1. The molecule has 0 amide bonds. The van der Waals surface area contributed by atoms with E-state index in [1.807, 2.05) is 0 Å². The van der Waals surface area contributed by atoms with E-state index in [-0.39, 0.29) is 0 Å². The van der Waals surface area contributed by atoms with Crippen molar-refractivity contribution in [2.24, 2.45) is 0 Å². The molecule has 2 aromatic rings. The van der Waals surface area contributed by atoms with Crippen LogP contribution in [0.25, 0.3) is 0 Å². The summed E-state index contributed by atoms with van der Waals surface area (Å²) < 4.78 is 4.92. The van der Waals surface area contributed by atoms with Crippen LogP contribution >= 0.6 is 0 Å². The Morgan fingerprint density at radius 1 is 0.786 bits per heavy atom. The van der Waals surface area contributed by atoms with E-state index in [0.29, 0.717) is 6.04 Å². The number of nitrogens with zero attached hydrogens (tertiary/aromatic N) is 2. The van der Waals surface area contributed by atoms with Gasteiger partial charge in [0.1, 0.15) is 12.4 Å². The van der Waals surface area contributed by atoms with Gasteiger partial charge in [-0.15, -0.1) is 0 Å². The molecule has 2 rings (SSSR count). The zero-order valence-corrected chi connectivity index (χ0v) is 18.7. The first-order valence-corrected chi connectivity index (χ1v) is 11.9. The maximum atomic E-state index is 2.49. The molecule has 0 aliphatic heterocycles. The van der Waals surface area contributed by atoms with Crippen LogP contribution in [0.3, 0.4) is 0 Å². The minimum Gasteiger partial charge on any atom is -0.234 e. The average molecular weight is 384 g/mol. The van der Waals surface area contributed by atoms with E-state index < -0.39 is 0 Å². The summed E-state index contributed by atoms with van der Waals surface area (Å²) in [6.45, 7) is 8.00. The SMILES string of the molecule is CCCCCCCCCCCCC[n+]1ccn(C(C)C)c1Cc1ccccc1. The molecule has 1 aromatic carbocycles. The van der Waals surface area contributed by atoms with Gasteiger partial charge < -0.3 is 0 Å². The smallest absolute Gasteiger partial charge is 0.234 e. The second-order valence-corrected chi connectivity index (χ2v) is 8.61. The highest BCUT2D eigenvalue weighted by atomic mass is 15.2. The summed E-state index contributed by atoms with van der Waals surface area (Å²) in [5.41, 5.74) is 1.40. The summed E-state index contributed by atoms with van der Waals surface area (Å²) in [4.78, 5) is 0. The molecule has 1 aromatic heterocycles. The van der Waals surface area contributed by atoms with Crippen molar-refractivity contribution >= 4 is 0 Å². The fourth-order valence-electron chi connectivity index (χ4n) is 4.06. The minimum absolute atomic E-state index is 0.511. The van der Waals surface area contributed by atoms with Crippen molar-refractivity contribution in [3.8, 4) is 0 Å². The van der Waals surface area contributed by atoms with Crippen LogP contribution in [0.2, 0.25) is 0 Å². The van der Waals surface area contributed by atoms with Crippen LogP contribution in [0.4, 0.5) is 0 Å². The molecule has 0 saturated heterocycles. The summed E-state index contributed by atoms with van der Waals surface area (Å²) in [5.74, 6) is 1.44. The number of aromatic nitrogens is 2. The number of rotatable bonds is 15. The predicted octanol–water partition coefficient (Wildman–Crippen LogP) is 7.26. The van der Waals surface area contributed by atoms with Crippen LogP contribution in [0.5, 0.6) is 0 Å². The van der Waals surface area contributed by atoms with Gasteiger partial charge in [-0.3, -0.25) is 0 Å². The predicted molar refractivity (Wildman–Crippen MR) is 121 cm³/mol. The van der Waals surface area contributed by atoms with Gasteiger partial charge in [0.2, 0.25) is 0 Å². The lowest BCUT2D eigenvalue weighted by atomic mass is 10.1. The first-order chi connectivity index (χ1) is 13.7. The molecule has 28 heavy (non-hydrogen) atoms. The van der Waals surface area contributed by atoms with Crippen LogP contribution in [-0.2, 0) is 13.0 Å². The highest BCUT2D eigenvalue weighted by Crippen LogP contribution is 2.14. The Morgan fingerprint density at radius 2 is 1.36 bits per heavy atom. The maximum absolute atomic E-state index is 2.49. The molecule has 2 heteroatoms. The summed E-state index contributed by atoms with van der Waals surface area (Å²) in [7, 11) is 0. The highest BCUT2D eigenvalue weighted by Gasteiger charge is 2.19. The number of imidazole rings is 1. The normalized spacial score (nSPS) is 11.4. The van der Waals surface area contributed by atoms with E-state index >= 15 is 0 Å². The molecule has 0 aliphatic rings. The third-order valence-corrected chi connectivity index (χ3v) is 5.80. The van der Waals surface area contributed by atoms with E-state index in [4.69, 9.17) is 0 Å². The molecule has 0 spiro atoms. The summed E-state index contributed by atoms with van der Waals surface area (Å²) in [5, 5.41) is 0. The second-order valence-electron chi connectivity index (χ2n) is 8.61. The Labute approximate surface area is 174 Å². The molecule has 0 saturated carbocycles. The lowest BCUT2D eigenvalue weighted by molar-refractivity contribution is -0.704. The summed E-state index contributed by atoms with van der Waals surface area (Å²) >= 11 is 0. The second kappa shape index (κ2) is 13.6. The van der Waals surface area contributed by atoms with Gasteiger partial charge in [0, 0.05) is 0 Å². The lowest BCUT2D eigenvalue weighted by Gasteiger charge is -2.08. The van der Waals surface area contributed by atoms with Gasteiger partial charge in [0.15, 0.2) is 0 Å². The van der Waals surface area contributed by atoms with Crippen molar-refractivity contribution in [3.05, 3.63) is 54.1 Å². The lowest BCUT2D eigenvalue weighted by Crippen LogP contribution is -2.37. The molecule has 0 aliphatic carbocycles. The molecule has 0 atom stereocenters. The molecule has 0 radical (unpaired) electrons. The molecule has 0 N–H and O–H groups in total. The first kappa shape index (κ1) is 22.7. The third-order valence-electron chi connectivity index (χ3n) is 5.80. The molecular formula is C26H43N2+. The minimum atomic E-state index is 0.511. The Bertz CT molecular complexity index is 627. The number of aryl methyl sites for hydroxylation is 1. The van der Waals surface area contributed by atoms with Crippen molar-refractivity contribution in [3.63, 3.8) is 0 Å². The topological polar surface area (TPSA) is 8.81 Å². The molecule has 1 heterocycles. The van der Waals surface area contributed by atoms with Gasteiger partial charge in [-0.2, -0.15) is 0 Å². The van der Waals surface area contributed by atoms with Crippen LogP contribution in [0, 0.1) is 0 Å². The van der Waals surface area contributed by atoms with Crippen molar-refractivity contribution in [1.82, 2.24) is 4.57 Å². The van der Waals surface area contributed by atoms with Gasteiger partial charge in [-0.05, 0) is 32.3 Å². The maximum Gasteiger partial charge on any atom is 0.261 e. The fourth-order valence-corrected chi connectivity index (χ4v) is 4.06. The molecule has 156 valence electrons. The van der Waals surface area contributed by atoms with Crippen molar-refractivity contribution in [2.45, 2.75) is 110 Å². The third kappa shape index (κ3) is 8.20. The van der Waals surface area contributed by atoms with Crippen LogP contribution in [0.1, 0.15) is 109 Å². The monoisotopic (exact) mass is 383 g/mol. The molecule has 2 nitrogen and oxygen atoms in total. The zero-order valence-electron chi connectivity index (χ0n) is 18.7. The molecular weight excluding hydrogens is 340 g/mol. The van der Waals surface area contributed by atoms with Crippen molar-refractivity contribution in [1.29, 1.82) is 0 Å². The summed E-state index contributed by atoms with van der Waals surface area (Å²) in [6, 6.07) is 11.4. The van der Waals surface area contributed by atoms with E-state index in [0.717, 1.165) is 13.0 Å². The van der Waals surface area contributed by atoms with Gasteiger partial charge in [0.25, 0.3) is 5.82 Å². The van der Waals surface area contributed by atoms with Crippen LogP contribution < -0.4 is 4.57 Å². The number of hydrogen-bond donors (Lipinski definition) is 0. The molecule has 0 fully saturated rings. The van der Waals surface area contributed by atoms with E-state index in [2.05, 4.69) is 72.6 Å². The number of hydrogen-bond acceptors (Lipinski definition) is 0. The van der Waals surface area contributed by atoms with Gasteiger partial charge in [-0.25, -0.2) is 9.13 Å². The highest BCUT2D eigenvalue weighted by molar-refractivity contribution is 5.18. The Hall–Kier alpha value is -1.57. The number of benzene rings is 1. The van der Waals surface area contributed by atoms with Gasteiger partial charge in [-0.1, -0.05) is 95.0 Å². The van der Waals surface area contributed by atoms with Crippen LogP contribution in [0.15, 0.2) is 42.7 Å². The number of unbranched alkanes of at least 4 members (excludes halogenated alkanes) is 10. The van der Waals surface area contributed by atoms with Gasteiger partial charge >= 0.3 is 0 Å². The quantitative estimate of drug-likeness (QED) is 0.226. The first-order valence-electron chi connectivity index (χ1n) is 11.9. The summed E-state index contributed by atoms with van der Waals surface area (Å²) in [6.07, 6.45) is 21.0. The van der Waals surface area contributed by atoms with E-state index in [9.17, 15) is 0 Å². The zero-order chi connectivity index (χ0) is 20.0. The van der Waals surface area contributed by atoms with E-state index in [1.54, 1.807) is 0 Å². The van der Waals surface area contributed by atoms with Crippen LogP contribution in [-0.4, -0.2) is 4.57 Å². The molecule has 0 bridgehead atoms. The Kier molecular flexibility index (Phi) is 11.0. The average Bonchev–Trinajstić information content (AvgIpc) is 3.09. The van der Waals surface area contributed by atoms with Crippen molar-refractivity contribution < 1.29 is 4.57 Å². The van der Waals surface area contributed by atoms with E-state index in [1.165, 1.54) is 82.0 Å². The van der Waals surface area contributed by atoms with Gasteiger partial charge in [0.05, 0.1) is 19.0 Å². The Morgan fingerprint density at radius 3 is 1.93 bits per heavy atom. The molecule has 0 unspecified atom stereocenters. The van der Waals surface area contributed by atoms with Crippen molar-refractivity contribution in [2.75, 3.05) is 0 Å². The fraction of sp³-hybridized carbons (Fsp3) is 0.654.